The maximum absolute atomic E-state index is 12.9. The Bertz CT molecular complexity index is 947. The summed E-state index contributed by atoms with van der Waals surface area (Å²) in [5.74, 6) is 0.687. The minimum Gasteiger partial charge on any atom is -0.267 e. The van der Waals surface area contributed by atoms with Crippen molar-refractivity contribution in [1.82, 2.24) is 15.0 Å². The van der Waals surface area contributed by atoms with E-state index in [0.29, 0.717) is 12.5 Å². The van der Waals surface area contributed by atoms with E-state index in [1.54, 1.807) is 11.3 Å². The number of hydrogen-bond donors (Lipinski definition) is 0. The van der Waals surface area contributed by atoms with E-state index in [4.69, 9.17) is 0 Å². The Morgan fingerprint density at radius 3 is 3.13 bits per heavy atom. The summed E-state index contributed by atoms with van der Waals surface area (Å²) in [6.07, 6.45) is 3.18. The zero-order valence-corrected chi connectivity index (χ0v) is 15.2. The van der Waals surface area contributed by atoms with E-state index in [-0.39, 0.29) is 5.56 Å². The Labute approximate surface area is 146 Å². The highest BCUT2D eigenvalue weighted by atomic mass is 79.9. The lowest BCUT2D eigenvalue weighted by Crippen LogP contribution is -2.25. The molecule has 2 aromatic heterocycles. The normalized spacial score (nSPS) is 17.4. The van der Waals surface area contributed by atoms with Gasteiger partial charge in [-0.3, -0.25) is 4.79 Å². The van der Waals surface area contributed by atoms with E-state index in [1.165, 1.54) is 15.1 Å². The smallest absolute Gasteiger partial charge is 0.267 e. The van der Waals surface area contributed by atoms with Crippen LogP contribution in [0.2, 0.25) is 0 Å². The Kier molecular flexibility index (Phi) is 3.81. The molecule has 0 saturated carbocycles. The van der Waals surface area contributed by atoms with Gasteiger partial charge in [-0.1, -0.05) is 40.2 Å². The third kappa shape index (κ3) is 2.74. The molecule has 0 N–H and O–H groups in total. The molecule has 0 unspecified atom stereocenters. The minimum atomic E-state index is -0.0120. The lowest BCUT2D eigenvalue weighted by molar-refractivity contribution is 0.508. The van der Waals surface area contributed by atoms with Crippen LogP contribution in [0.3, 0.4) is 0 Å². The Balaban J connectivity index is 1.80. The second kappa shape index (κ2) is 5.83. The predicted octanol–water partition coefficient (Wildman–Crippen LogP) is 3.79. The van der Waals surface area contributed by atoms with E-state index in [1.807, 2.05) is 24.3 Å². The van der Waals surface area contributed by atoms with Gasteiger partial charge in [-0.2, -0.15) is 0 Å². The van der Waals surface area contributed by atoms with Gasteiger partial charge < -0.3 is 0 Å². The summed E-state index contributed by atoms with van der Waals surface area (Å²) in [7, 11) is 0. The second-order valence-electron chi connectivity index (χ2n) is 6.21. The first-order valence-electron chi connectivity index (χ1n) is 7.74. The number of fused-ring (bicyclic) bond motifs is 3. The number of thiophene rings is 1. The molecule has 0 amide bonds. The summed E-state index contributed by atoms with van der Waals surface area (Å²) in [4.78, 5) is 15.0. The molecule has 0 spiro atoms. The molecule has 0 fully saturated rings. The lowest BCUT2D eigenvalue weighted by Gasteiger charge is -2.17. The maximum Gasteiger partial charge on any atom is 0.279 e. The van der Waals surface area contributed by atoms with Crippen LogP contribution >= 0.6 is 27.3 Å². The Morgan fingerprint density at radius 2 is 2.30 bits per heavy atom. The third-order valence-corrected chi connectivity index (χ3v) is 6.04. The SMILES string of the molecule is C[C@@H]1CCc2c(sc3nnn(Cc4cccc(Br)c4)c(=O)c23)C1. The molecular weight excluding hydrogens is 374 g/mol. The van der Waals surface area contributed by atoms with Crippen LogP contribution in [0.1, 0.15) is 29.3 Å². The number of nitrogens with zero attached hydrogens (tertiary/aromatic N) is 3. The number of hydrogen-bond acceptors (Lipinski definition) is 4. The van der Waals surface area contributed by atoms with Crippen LogP contribution in [-0.4, -0.2) is 15.0 Å². The molecule has 2 heterocycles. The molecule has 118 valence electrons. The highest BCUT2D eigenvalue weighted by molar-refractivity contribution is 9.10. The van der Waals surface area contributed by atoms with Gasteiger partial charge in [-0.15, -0.1) is 16.4 Å². The topological polar surface area (TPSA) is 47.8 Å². The van der Waals surface area contributed by atoms with Crippen molar-refractivity contribution in [2.45, 2.75) is 32.7 Å². The van der Waals surface area contributed by atoms with Crippen molar-refractivity contribution in [2.24, 2.45) is 5.92 Å². The molecule has 6 heteroatoms. The zero-order chi connectivity index (χ0) is 16.0. The summed E-state index contributed by atoms with van der Waals surface area (Å²) >= 11 is 5.10. The number of halogens is 1. The second-order valence-corrected chi connectivity index (χ2v) is 8.21. The van der Waals surface area contributed by atoms with Crippen LogP contribution in [0.15, 0.2) is 33.5 Å². The van der Waals surface area contributed by atoms with Crippen LogP contribution in [0.25, 0.3) is 10.2 Å². The molecule has 1 aliphatic carbocycles. The summed E-state index contributed by atoms with van der Waals surface area (Å²) in [5.41, 5.74) is 2.24. The van der Waals surface area contributed by atoms with Gasteiger partial charge in [0, 0.05) is 9.35 Å². The fourth-order valence-corrected chi connectivity index (χ4v) is 4.97. The van der Waals surface area contributed by atoms with Crippen LogP contribution in [0.5, 0.6) is 0 Å². The van der Waals surface area contributed by atoms with Crippen molar-refractivity contribution < 1.29 is 0 Å². The lowest BCUT2D eigenvalue weighted by atomic mass is 9.89. The molecule has 0 aliphatic heterocycles. The molecule has 1 aromatic carbocycles. The highest BCUT2D eigenvalue weighted by Gasteiger charge is 2.23. The highest BCUT2D eigenvalue weighted by Crippen LogP contribution is 2.35. The van der Waals surface area contributed by atoms with Crippen molar-refractivity contribution in [3.05, 3.63) is 55.1 Å². The van der Waals surface area contributed by atoms with Gasteiger partial charge in [-0.25, -0.2) is 4.68 Å². The van der Waals surface area contributed by atoms with Crippen LogP contribution in [0.4, 0.5) is 0 Å². The van der Waals surface area contributed by atoms with Gasteiger partial charge >= 0.3 is 0 Å². The van der Waals surface area contributed by atoms with E-state index in [0.717, 1.165) is 39.5 Å². The van der Waals surface area contributed by atoms with Gasteiger partial charge in [0.25, 0.3) is 5.56 Å². The Morgan fingerprint density at radius 1 is 1.43 bits per heavy atom. The van der Waals surface area contributed by atoms with Crippen LogP contribution in [-0.2, 0) is 19.4 Å². The fraction of sp³-hybridized carbons (Fsp3) is 0.353. The van der Waals surface area contributed by atoms with Gasteiger partial charge in [0.2, 0.25) is 0 Å². The van der Waals surface area contributed by atoms with Gasteiger partial charge in [0.1, 0.15) is 0 Å². The molecule has 1 atom stereocenters. The first kappa shape index (κ1) is 15.0. The molecule has 23 heavy (non-hydrogen) atoms. The Hall–Kier alpha value is -1.53. The molecule has 1 aliphatic rings. The van der Waals surface area contributed by atoms with Crippen LogP contribution in [0, 0.1) is 5.92 Å². The van der Waals surface area contributed by atoms with Crippen LogP contribution < -0.4 is 5.56 Å². The maximum atomic E-state index is 12.9. The van der Waals surface area contributed by atoms with Crippen molar-refractivity contribution in [2.75, 3.05) is 0 Å². The van der Waals surface area contributed by atoms with Crippen molar-refractivity contribution >= 4 is 37.5 Å². The molecular formula is C17H16BrN3OS. The number of aryl methyl sites for hydroxylation is 1. The molecule has 0 radical (unpaired) electrons. The molecule has 4 nitrogen and oxygen atoms in total. The first-order valence-corrected chi connectivity index (χ1v) is 9.35. The van der Waals surface area contributed by atoms with E-state index < -0.39 is 0 Å². The van der Waals surface area contributed by atoms with E-state index in [2.05, 4.69) is 33.2 Å². The molecule has 0 saturated heterocycles. The zero-order valence-electron chi connectivity index (χ0n) is 12.8. The average molecular weight is 390 g/mol. The summed E-state index contributed by atoms with van der Waals surface area (Å²) in [6.45, 7) is 2.72. The summed E-state index contributed by atoms with van der Waals surface area (Å²) < 4.78 is 2.48. The summed E-state index contributed by atoms with van der Waals surface area (Å²) in [5, 5.41) is 9.25. The largest absolute Gasteiger partial charge is 0.279 e. The van der Waals surface area contributed by atoms with Gasteiger partial charge in [-0.05, 0) is 48.4 Å². The monoisotopic (exact) mass is 389 g/mol. The fourth-order valence-electron chi connectivity index (χ4n) is 3.20. The van der Waals surface area contributed by atoms with Crippen molar-refractivity contribution in [3.63, 3.8) is 0 Å². The van der Waals surface area contributed by atoms with E-state index >= 15 is 0 Å². The van der Waals surface area contributed by atoms with E-state index in [9.17, 15) is 4.79 Å². The van der Waals surface area contributed by atoms with Gasteiger partial charge in [0.05, 0.1) is 11.9 Å². The minimum absolute atomic E-state index is 0.0120. The first-order chi connectivity index (χ1) is 11.1. The number of aromatic nitrogens is 3. The number of rotatable bonds is 2. The van der Waals surface area contributed by atoms with Gasteiger partial charge in [0.15, 0.2) is 4.83 Å². The average Bonchev–Trinajstić information content (AvgIpc) is 2.88. The predicted molar refractivity (Wildman–Crippen MR) is 96.1 cm³/mol. The number of benzene rings is 1. The summed E-state index contributed by atoms with van der Waals surface area (Å²) in [6, 6.07) is 7.93. The van der Waals surface area contributed by atoms with Crippen molar-refractivity contribution in [3.8, 4) is 0 Å². The quantitative estimate of drug-likeness (QED) is 0.669. The standard InChI is InChI=1S/C17H16BrN3OS/c1-10-5-6-13-14(7-10)23-16-15(13)17(22)21(20-19-16)9-11-3-2-4-12(18)8-11/h2-4,8,10H,5-7,9H2,1H3/t10-/m1/s1. The molecule has 0 bridgehead atoms. The van der Waals surface area contributed by atoms with Crippen molar-refractivity contribution in [1.29, 1.82) is 0 Å². The molecule has 4 rings (SSSR count). The third-order valence-electron chi connectivity index (χ3n) is 4.41. The molecule has 3 aromatic rings.